The number of phosphoric ester groups is 2. The second-order valence-electron chi connectivity index (χ2n) is 28.2. The summed E-state index contributed by atoms with van der Waals surface area (Å²) in [4.78, 5) is 72.8. The van der Waals surface area contributed by atoms with Gasteiger partial charge in [-0.05, 0) is 49.4 Å². The molecule has 0 radical (unpaired) electrons. The minimum atomic E-state index is -4.96. The summed E-state index contributed by atoms with van der Waals surface area (Å²) in [6.45, 7) is 14.2. The fourth-order valence-electron chi connectivity index (χ4n) is 11.3. The minimum absolute atomic E-state index is 0.105. The molecule has 0 fully saturated rings. The van der Waals surface area contributed by atoms with Crippen molar-refractivity contribution in [2.45, 2.75) is 395 Å². The predicted molar refractivity (Wildman–Crippen MR) is 381 cm³/mol. The van der Waals surface area contributed by atoms with E-state index >= 15 is 0 Å². The van der Waals surface area contributed by atoms with Crippen LogP contribution in [0.2, 0.25) is 0 Å². The molecule has 0 saturated carbocycles. The van der Waals surface area contributed by atoms with E-state index in [9.17, 15) is 43.2 Å². The van der Waals surface area contributed by atoms with Crippen LogP contribution in [0.25, 0.3) is 0 Å². The third kappa shape index (κ3) is 64.7. The molecule has 0 aliphatic heterocycles. The van der Waals surface area contributed by atoms with Crippen molar-refractivity contribution >= 4 is 39.5 Å². The maximum atomic E-state index is 13.1. The number of ether oxygens (including phenoxy) is 4. The van der Waals surface area contributed by atoms with E-state index in [0.29, 0.717) is 25.7 Å². The zero-order valence-corrected chi connectivity index (χ0v) is 63.4. The third-order valence-electron chi connectivity index (χ3n) is 18.4. The van der Waals surface area contributed by atoms with Crippen LogP contribution in [0, 0.1) is 23.7 Å². The van der Waals surface area contributed by atoms with E-state index in [-0.39, 0.29) is 25.7 Å². The molecule has 94 heavy (non-hydrogen) atoms. The summed E-state index contributed by atoms with van der Waals surface area (Å²) in [5, 5.41) is 10.6. The average molecular weight is 1380 g/mol. The summed E-state index contributed by atoms with van der Waals surface area (Å²) < 4.78 is 68.5. The maximum absolute atomic E-state index is 13.1. The van der Waals surface area contributed by atoms with Gasteiger partial charge in [0.1, 0.15) is 19.3 Å². The summed E-state index contributed by atoms with van der Waals surface area (Å²) in [5.41, 5.74) is 0. The van der Waals surface area contributed by atoms with Gasteiger partial charge in [-0.25, -0.2) is 9.13 Å². The summed E-state index contributed by atoms with van der Waals surface area (Å²) in [6.07, 6.45) is 48.5. The maximum Gasteiger partial charge on any atom is 0.472 e. The fraction of sp³-hybridized carbons (Fsp3) is 0.947. The highest BCUT2D eigenvalue weighted by atomic mass is 31.2. The Labute approximate surface area is 575 Å². The molecule has 0 rings (SSSR count). The van der Waals surface area contributed by atoms with Gasteiger partial charge in [0.25, 0.3) is 0 Å². The Morgan fingerprint density at radius 3 is 0.755 bits per heavy atom. The van der Waals surface area contributed by atoms with Crippen LogP contribution in [0.1, 0.15) is 376 Å². The first kappa shape index (κ1) is 92.1. The molecule has 0 aliphatic carbocycles. The van der Waals surface area contributed by atoms with Gasteiger partial charge in [0.15, 0.2) is 12.2 Å². The number of hydrogen-bond donors (Lipinski definition) is 3. The lowest BCUT2D eigenvalue weighted by molar-refractivity contribution is -0.161. The van der Waals surface area contributed by atoms with Crippen molar-refractivity contribution in [2.24, 2.45) is 23.7 Å². The second kappa shape index (κ2) is 64.4. The number of aliphatic hydroxyl groups is 1. The van der Waals surface area contributed by atoms with Crippen LogP contribution in [0.3, 0.4) is 0 Å². The molecule has 0 aromatic heterocycles. The van der Waals surface area contributed by atoms with Crippen LogP contribution in [0.5, 0.6) is 0 Å². The van der Waals surface area contributed by atoms with Crippen LogP contribution >= 0.6 is 15.6 Å². The number of rotatable bonds is 72. The molecule has 19 heteroatoms. The zero-order chi connectivity index (χ0) is 69.6. The molecule has 3 N–H and O–H groups in total. The van der Waals surface area contributed by atoms with Gasteiger partial charge in [-0.2, -0.15) is 0 Å². The normalized spacial score (nSPS) is 15.0. The van der Waals surface area contributed by atoms with Gasteiger partial charge in [0.2, 0.25) is 0 Å². The first-order valence-electron chi connectivity index (χ1n) is 38.8. The molecule has 0 spiro atoms. The van der Waals surface area contributed by atoms with Crippen LogP contribution in [0.4, 0.5) is 0 Å². The first-order valence-corrected chi connectivity index (χ1v) is 41.8. The van der Waals surface area contributed by atoms with E-state index < -0.39 is 97.5 Å². The van der Waals surface area contributed by atoms with Crippen LogP contribution in [-0.2, 0) is 65.4 Å². The van der Waals surface area contributed by atoms with E-state index in [4.69, 9.17) is 37.0 Å². The Morgan fingerprint density at radius 2 is 0.511 bits per heavy atom. The first-order chi connectivity index (χ1) is 45.2. The van der Waals surface area contributed by atoms with E-state index in [1.807, 2.05) is 0 Å². The van der Waals surface area contributed by atoms with Crippen molar-refractivity contribution in [3.05, 3.63) is 0 Å². The highest BCUT2D eigenvalue weighted by molar-refractivity contribution is 7.47. The molecular formula is C75H146O17P2. The lowest BCUT2D eigenvalue weighted by atomic mass is 9.99. The third-order valence-corrected chi connectivity index (χ3v) is 20.3. The Hall–Kier alpha value is -1.94. The summed E-state index contributed by atoms with van der Waals surface area (Å²) in [7, 11) is -9.91. The Kier molecular flexibility index (Phi) is 63.1. The van der Waals surface area contributed by atoms with Gasteiger partial charge in [0, 0.05) is 25.7 Å². The van der Waals surface area contributed by atoms with Crippen molar-refractivity contribution in [2.75, 3.05) is 39.6 Å². The smallest absolute Gasteiger partial charge is 0.462 e. The molecule has 0 saturated heterocycles. The van der Waals surface area contributed by atoms with Crippen LogP contribution in [0.15, 0.2) is 0 Å². The fourth-order valence-corrected chi connectivity index (χ4v) is 12.9. The SMILES string of the molecule is CCC(C)CCCCCCCCCCCCCCCCC(=O)O[C@H](COC(=O)CCCCCCCCC(C)CC)COP(=O)(O)OC[C@H](O)COP(=O)(O)OC[C@@H](COC(=O)CCCCCCCCCCCCC(C)CC)OC(=O)CCCCCCCCCCCC(C)C. The molecule has 8 atom stereocenters. The largest absolute Gasteiger partial charge is 0.472 e. The highest BCUT2D eigenvalue weighted by Gasteiger charge is 2.30. The molecule has 0 aromatic rings. The highest BCUT2D eigenvalue weighted by Crippen LogP contribution is 2.45. The molecule has 17 nitrogen and oxygen atoms in total. The van der Waals surface area contributed by atoms with Crippen LogP contribution in [-0.4, -0.2) is 96.7 Å². The van der Waals surface area contributed by atoms with Gasteiger partial charge in [-0.15, -0.1) is 0 Å². The number of unbranched alkanes of at least 4 members (excludes halogenated alkanes) is 35. The van der Waals surface area contributed by atoms with Crippen molar-refractivity contribution in [1.82, 2.24) is 0 Å². The number of carbonyl (C=O) groups is 4. The van der Waals surface area contributed by atoms with E-state index in [2.05, 4.69) is 55.4 Å². The molecule has 0 aromatic carbocycles. The van der Waals surface area contributed by atoms with Gasteiger partial charge in [-0.1, -0.05) is 325 Å². The quantitative estimate of drug-likeness (QED) is 0.0222. The lowest BCUT2D eigenvalue weighted by Gasteiger charge is -2.21. The van der Waals surface area contributed by atoms with Crippen molar-refractivity contribution < 1.29 is 80.2 Å². The van der Waals surface area contributed by atoms with E-state index in [1.165, 1.54) is 173 Å². The molecule has 558 valence electrons. The van der Waals surface area contributed by atoms with Gasteiger partial charge < -0.3 is 33.8 Å². The Balaban J connectivity index is 5.24. The zero-order valence-electron chi connectivity index (χ0n) is 61.6. The molecule has 0 bridgehead atoms. The average Bonchev–Trinajstić information content (AvgIpc) is 1.92. The predicted octanol–water partition coefficient (Wildman–Crippen LogP) is 21.7. The molecule has 0 amide bonds. The minimum Gasteiger partial charge on any atom is -0.462 e. The Morgan fingerprint density at radius 1 is 0.298 bits per heavy atom. The summed E-state index contributed by atoms with van der Waals surface area (Å²) >= 11 is 0. The molecular weight excluding hydrogens is 1230 g/mol. The Bertz CT molecular complexity index is 1860. The monoisotopic (exact) mass is 1380 g/mol. The van der Waals surface area contributed by atoms with E-state index in [1.54, 1.807) is 0 Å². The van der Waals surface area contributed by atoms with Gasteiger partial charge in [0.05, 0.1) is 26.4 Å². The summed E-state index contributed by atoms with van der Waals surface area (Å²) in [5.74, 6) is 0.999. The summed E-state index contributed by atoms with van der Waals surface area (Å²) in [6, 6.07) is 0. The van der Waals surface area contributed by atoms with Crippen molar-refractivity contribution in [1.29, 1.82) is 0 Å². The van der Waals surface area contributed by atoms with Crippen LogP contribution < -0.4 is 0 Å². The number of carbonyl (C=O) groups excluding carboxylic acids is 4. The molecule has 0 aliphatic rings. The van der Waals surface area contributed by atoms with Crippen molar-refractivity contribution in [3.8, 4) is 0 Å². The number of phosphoric acid groups is 2. The standard InChI is InChI=1S/C75H146O17P2/c1-9-66(6)52-44-36-28-22-16-14-12-13-15-17-25-31-41-49-57-74(79)92-71(62-86-73(78)56-48-40-34-33-38-46-54-68(8)11-3)64-90-94(83,84)88-60-69(76)59-87-93(81,82)89-63-70(91-75(80)58-50-42-32-26-20-21-27-35-43-51-65(4)5)61-85-72(77)55-47-39-30-24-19-18-23-29-37-45-53-67(7)10-2/h65-71,76H,9-64H2,1-8H3,(H,81,82)(H,83,84)/t66?,67?,68?,69-,70-,71-/m1/s1. The number of aliphatic hydroxyl groups excluding tert-OH is 1. The van der Waals surface area contributed by atoms with Crippen molar-refractivity contribution in [3.63, 3.8) is 0 Å². The molecule has 5 unspecified atom stereocenters. The topological polar surface area (TPSA) is 237 Å². The lowest BCUT2D eigenvalue weighted by Crippen LogP contribution is -2.30. The molecule has 0 heterocycles. The number of hydrogen-bond acceptors (Lipinski definition) is 15. The number of esters is 4. The van der Waals surface area contributed by atoms with Gasteiger partial charge in [-0.3, -0.25) is 37.3 Å². The van der Waals surface area contributed by atoms with Gasteiger partial charge >= 0.3 is 39.5 Å². The second-order valence-corrected chi connectivity index (χ2v) is 31.1. The van der Waals surface area contributed by atoms with E-state index in [0.717, 1.165) is 120 Å².